The van der Waals surface area contributed by atoms with Gasteiger partial charge in [-0.1, -0.05) is 30.3 Å². The van der Waals surface area contributed by atoms with Crippen LogP contribution in [0.3, 0.4) is 0 Å². The van der Waals surface area contributed by atoms with Crippen molar-refractivity contribution in [3.63, 3.8) is 0 Å². The molecular weight excluding hydrogens is 383 g/mol. The molecule has 7 heteroatoms. The van der Waals surface area contributed by atoms with E-state index in [1.54, 1.807) is 0 Å². The Morgan fingerprint density at radius 3 is 2.07 bits per heavy atom. The van der Waals surface area contributed by atoms with E-state index in [4.69, 9.17) is 5.73 Å². The number of hydrogen-bond donors (Lipinski definition) is 1. The monoisotopic (exact) mass is 416 g/mol. The number of amides is 1. The summed E-state index contributed by atoms with van der Waals surface area (Å²) in [4.78, 5) is 20.1. The average molecular weight is 417 g/mol. The van der Waals surface area contributed by atoms with Crippen LogP contribution in [-0.2, 0) is 4.79 Å². The zero-order valence-corrected chi connectivity index (χ0v) is 18.1. The number of halogens is 2. The van der Waals surface area contributed by atoms with Crippen molar-refractivity contribution >= 4 is 30.7 Å². The predicted molar refractivity (Wildman–Crippen MR) is 116 cm³/mol. The lowest BCUT2D eigenvalue weighted by atomic mass is 9.90. The van der Waals surface area contributed by atoms with Gasteiger partial charge in [0.05, 0.1) is 0 Å². The third kappa shape index (κ3) is 6.06. The Labute approximate surface area is 176 Å². The number of piperidine rings is 1. The van der Waals surface area contributed by atoms with E-state index in [1.165, 1.54) is 0 Å². The number of benzene rings is 1. The first-order valence-corrected chi connectivity index (χ1v) is 9.58. The molecule has 1 aromatic rings. The summed E-state index contributed by atoms with van der Waals surface area (Å²) in [6.07, 6.45) is 2.04. The Morgan fingerprint density at radius 1 is 1.00 bits per heavy atom. The molecule has 0 radical (unpaired) electrons. The van der Waals surface area contributed by atoms with Crippen LogP contribution in [0.15, 0.2) is 30.3 Å². The minimum absolute atomic E-state index is 0. The highest BCUT2D eigenvalue weighted by Gasteiger charge is 2.34. The number of carbonyl (C=O) groups excluding carboxylic acids is 1. The molecule has 0 saturated carbocycles. The maximum Gasteiger partial charge on any atom is 0.244 e. The van der Waals surface area contributed by atoms with Crippen molar-refractivity contribution in [3.05, 3.63) is 35.9 Å². The zero-order valence-electron chi connectivity index (χ0n) is 16.4. The molecule has 3 rings (SSSR count). The van der Waals surface area contributed by atoms with Gasteiger partial charge >= 0.3 is 0 Å². The molecule has 2 fully saturated rings. The lowest BCUT2D eigenvalue weighted by Gasteiger charge is -2.41. The highest BCUT2D eigenvalue weighted by atomic mass is 35.5. The van der Waals surface area contributed by atoms with Gasteiger partial charge < -0.3 is 15.5 Å². The molecule has 2 aliphatic rings. The summed E-state index contributed by atoms with van der Waals surface area (Å²) in [6, 6.07) is 10.3. The molecule has 2 unspecified atom stereocenters. The number of likely N-dealkylation sites (N-methyl/N-ethyl adjacent to an activating group) is 1. The van der Waals surface area contributed by atoms with Crippen LogP contribution in [0.1, 0.15) is 31.4 Å². The van der Waals surface area contributed by atoms with E-state index < -0.39 is 0 Å². The van der Waals surface area contributed by atoms with Gasteiger partial charge in [-0.25, -0.2) is 0 Å². The second kappa shape index (κ2) is 11.2. The smallest absolute Gasteiger partial charge is 0.244 e. The van der Waals surface area contributed by atoms with Crippen molar-refractivity contribution < 1.29 is 4.79 Å². The summed E-state index contributed by atoms with van der Waals surface area (Å²) in [5.41, 5.74) is 7.17. The molecule has 5 nitrogen and oxygen atoms in total. The molecule has 27 heavy (non-hydrogen) atoms. The number of likely N-dealkylation sites (tertiary alicyclic amines) is 1. The summed E-state index contributed by atoms with van der Waals surface area (Å²) in [5, 5.41) is 0. The van der Waals surface area contributed by atoms with E-state index in [9.17, 15) is 4.79 Å². The van der Waals surface area contributed by atoms with Crippen LogP contribution < -0.4 is 5.73 Å². The quantitative estimate of drug-likeness (QED) is 0.818. The first-order valence-electron chi connectivity index (χ1n) is 9.58. The Hall–Kier alpha value is -0.850. The van der Waals surface area contributed by atoms with Crippen LogP contribution in [0.4, 0.5) is 0 Å². The highest BCUT2D eigenvalue weighted by Crippen LogP contribution is 2.27. The molecule has 2 atom stereocenters. The number of rotatable bonds is 4. The van der Waals surface area contributed by atoms with Gasteiger partial charge in [0.1, 0.15) is 6.04 Å². The summed E-state index contributed by atoms with van der Waals surface area (Å²) in [6.45, 7) is 7.67. The molecule has 0 spiro atoms. The largest absolute Gasteiger partial charge is 0.341 e. The normalized spacial score (nSPS) is 21.7. The molecule has 0 bridgehead atoms. The third-order valence-electron chi connectivity index (χ3n) is 5.85. The van der Waals surface area contributed by atoms with E-state index in [-0.39, 0.29) is 42.8 Å². The number of piperazine rings is 1. The van der Waals surface area contributed by atoms with E-state index in [0.717, 1.165) is 57.7 Å². The van der Waals surface area contributed by atoms with Crippen LogP contribution in [0.2, 0.25) is 0 Å². The first-order chi connectivity index (χ1) is 12.1. The van der Waals surface area contributed by atoms with E-state index >= 15 is 0 Å². The number of carbonyl (C=O) groups is 1. The van der Waals surface area contributed by atoms with Crippen LogP contribution >= 0.6 is 24.8 Å². The minimum atomic E-state index is -0.151. The van der Waals surface area contributed by atoms with Crippen molar-refractivity contribution in [2.45, 2.75) is 31.8 Å². The summed E-state index contributed by atoms with van der Waals surface area (Å²) >= 11 is 0. The Bertz CT molecular complexity index is 556. The topological polar surface area (TPSA) is 52.8 Å². The van der Waals surface area contributed by atoms with E-state index in [0.29, 0.717) is 5.92 Å². The maximum atomic E-state index is 13.4. The standard InChI is InChI=1S/C20H32N4O.2ClH/c1-16(21)17-8-10-24(11-9-17)20(25)19(18-6-4-3-5-7-18)23-14-12-22(2)13-15-23;;/h3-7,16-17,19H,8-15,21H2,1-2H3;2*1H. The van der Waals surface area contributed by atoms with Crippen molar-refractivity contribution in [1.29, 1.82) is 0 Å². The Balaban J connectivity index is 0.00000182. The number of nitrogens with zero attached hydrogens (tertiary/aromatic N) is 3. The maximum absolute atomic E-state index is 13.4. The molecule has 2 heterocycles. The van der Waals surface area contributed by atoms with Crippen LogP contribution in [0.25, 0.3) is 0 Å². The van der Waals surface area contributed by atoms with E-state index in [2.05, 4.69) is 40.8 Å². The van der Waals surface area contributed by atoms with E-state index in [1.807, 2.05) is 18.2 Å². The molecular formula is C20H34Cl2N4O. The Morgan fingerprint density at radius 2 is 1.56 bits per heavy atom. The van der Waals surface area contributed by atoms with Gasteiger partial charge in [0.2, 0.25) is 5.91 Å². The molecule has 2 saturated heterocycles. The second-order valence-corrected chi connectivity index (χ2v) is 7.67. The lowest BCUT2D eigenvalue weighted by Crippen LogP contribution is -2.52. The zero-order chi connectivity index (χ0) is 17.8. The fraction of sp³-hybridized carbons (Fsp3) is 0.650. The Kier molecular flexibility index (Phi) is 10.1. The van der Waals surface area contributed by atoms with Gasteiger partial charge in [0.25, 0.3) is 0 Å². The van der Waals surface area contributed by atoms with Crippen LogP contribution in [0, 0.1) is 5.92 Å². The molecule has 0 aliphatic carbocycles. The number of nitrogens with two attached hydrogens (primary N) is 1. The molecule has 1 amide bonds. The van der Waals surface area contributed by atoms with Gasteiger partial charge in [-0.2, -0.15) is 0 Å². The fourth-order valence-electron chi connectivity index (χ4n) is 4.04. The van der Waals surface area contributed by atoms with Crippen molar-refractivity contribution in [2.24, 2.45) is 11.7 Å². The van der Waals surface area contributed by atoms with Crippen LogP contribution in [0.5, 0.6) is 0 Å². The first kappa shape index (κ1) is 24.2. The molecule has 0 aromatic heterocycles. The van der Waals surface area contributed by atoms with Gasteiger partial charge in [-0.05, 0) is 38.3 Å². The SMILES string of the molecule is CC(N)C1CCN(C(=O)C(c2ccccc2)N2CCN(C)CC2)CC1.Cl.Cl. The van der Waals surface area contributed by atoms with Gasteiger partial charge in [-0.3, -0.25) is 9.69 Å². The lowest BCUT2D eigenvalue weighted by molar-refractivity contribution is -0.139. The number of hydrogen-bond acceptors (Lipinski definition) is 4. The molecule has 1 aromatic carbocycles. The minimum Gasteiger partial charge on any atom is -0.341 e. The fourth-order valence-corrected chi connectivity index (χ4v) is 4.04. The third-order valence-corrected chi connectivity index (χ3v) is 5.85. The highest BCUT2D eigenvalue weighted by molar-refractivity contribution is 5.85. The van der Waals surface area contributed by atoms with Gasteiger partial charge in [0, 0.05) is 45.3 Å². The summed E-state index contributed by atoms with van der Waals surface area (Å²) in [7, 11) is 2.15. The van der Waals surface area contributed by atoms with Crippen molar-refractivity contribution in [2.75, 3.05) is 46.3 Å². The summed E-state index contributed by atoms with van der Waals surface area (Å²) in [5.74, 6) is 0.807. The van der Waals surface area contributed by atoms with Crippen molar-refractivity contribution in [1.82, 2.24) is 14.7 Å². The molecule has 2 aliphatic heterocycles. The molecule has 2 N–H and O–H groups in total. The summed E-state index contributed by atoms with van der Waals surface area (Å²) < 4.78 is 0. The molecule has 154 valence electrons. The van der Waals surface area contributed by atoms with Crippen molar-refractivity contribution in [3.8, 4) is 0 Å². The van der Waals surface area contributed by atoms with Gasteiger partial charge in [0.15, 0.2) is 0 Å². The second-order valence-electron chi connectivity index (χ2n) is 7.67. The van der Waals surface area contributed by atoms with Gasteiger partial charge in [-0.15, -0.1) is 24.8 Å². The predicted octanol–water partition coefficient (Wildman–Crippen LogP) is 2.40. The average Bonchev–Trinajstić information content (AvgIpc) is 2.64. The van der Waals surface area contributed by atoms with Crippen LogP contribution in [-0.4, -0.2) is 73.0 Å².